The maximum atomic E-state index is 13.6. The van der Waals surface area contributed by atoms with Crippen LogP contribution in [0.25, 0.3) is 16.2 Å². The Balaban J connectivity index is 1.82. The molecule has 1 saturated heterocycles. The van der Waals surface area contributed by atoms with Gasteiger partial charge in [-0.3, -0.25) is 4.79 Å². The highest BCUT2D eigenvalue weighted by Crippen LogP contribution is 2.33. The largest absolute Gasteiger partial charge is 0.433 e. The van der Waals surface area contributed by atoms with Crippen molar-refractivity contribution >= 4 is 22.9 Å². The Morgan fingerprint density at radius 3 is 2.78 bits per heavy atom. The SMILES string of the molecule is C[C@@H]1CCCCN1C(=O)c1cc2nc(-c3cccs3)cc(C(F)(F)F)n2n1. The van der Waals surface area contributed by atoms with E-state index in [2.05, 4.69) is 10.1 Å². The summed E-state index contributed by atoms with van der Waals surface area (Å²) >= 11 is 1.31. The minimum absolute atomic E-state index is 0.00919. The number of fused-ring (bicyclic) bond motifs is 1. The molecule has 9 heteroatoms. The van der Waals surface area contributed by atoms with Gasteiger partial charge in [0.2, 0.25) is 0 Å². The molecule has 1 amide bonds. The Labute approximate surface area is 157 Å². The number of piperidine rings is 1. The molecule has 4 rings (SSSR count). The van der Waals surface area contributed by atoms with E-state index in [4.69, 9.17) is 0 Å². The second-order valence-electron chi connectivity index (χ2n) is 6.64. The summed E-state index contributed by atoms with van der Waals surface area (Å²) in [6.07, 6.45) is -1.80. The monoisotopic (exact) mass is 394 g/mol. The molecule has 1 atom stereocenters. The number of halogens is 3. The summed E-state index contributed by atoms with van der Waals surface area (Å²) in [5.41, 5.74) is -0.719. The van der Waals surface area contributed by atoms with Gasteiger partial charge in [-0.1, -0.05) is 6.07 Å². The van der Waals surface area contributed by atoms with Crippen LogP contribution in [0, 0.1) is 0 Å². The second-order valence-corrected chi connectivity index (χ2v) is 7.59. The van der Waals surface area contributed by atoms with E-state index in [1.54, 1.807) is 22.4 Å². The van der Waals surface area contributed by atoms with Crippen molar-refractivity contribution in [2.45, 2.75) is 38.4 Å². The summed E-state index contributed by atoms with van der Waals surface area (Å²) in [7, 11) is 0. The third-order valence-electron chi connectivity index (χ3n) is 4.77. The van der Waals surface area contributed by atoms with Crippen LogP contribution in [0.3, 0.4) is 0 Å². The fourth-order valence-corrected chi connectivity index (χ4v) is 4.06. The van der Waals surface area contributed by atoms with Gasteiger partial charge < -0.3 is 4.90 Å². The zero-order chi connectivity index (χ0) is 19.2. The van der Waals surface area contributed by atoms with E-state index in [0.29, 0.717) is 11.4 Å². The van der Waals surface area contributed by atoms with Crippen molar-refractivity contribution in [3.8, 4) is 10.6 Å². The zero-order valence-corrected chi connectivity index (χ0v) is 15.3. The Kier molecular flexibility index (Phi) is 4.41. The molecule has 5 nitrogen and oxygen atoms in total. The van der Waals surface area contributed by atoms with Crippen molar-refractivity contribution in [3.63, 3.8) is 0 Å². The topological polar surface area (TPSA) is 50.5 Å². The zero-order valence-electron chi connectivity index (χ0n) is 14.5. The van der Waals surface area contributed by atoms with Crippen LogP contribution in [0.5, 0.6) is 0 Å². The molecule has 27 heavy (non-hydrogen) atoms. The van der Waals surface area contributed by atoms with E-state index in [1.165, 1.54) is 17.4 Å². The van der Waals surface area contributed by atoms with Crippen LogP contribution in [-0.2, 0) is 6.18 Å². The fourth-order valence-electron chi connectivity index (χ4n) is 3.38. The van der Waals surface area contributed by atoms with E-state index in [1.807, 2.05) is 6.92 Å². The second kappa shape index (κ2) is 6.63. The predicted molar refractivity (Wildman–Crippen MR) is 95.7 cm³/mol. The summed E-state index contributed by atoms with van der Waals surface area (Å²) in [6.45, 7) is 2.54. The lowest BCUT2D eigenvalue weighted by Gasteiger charge is -2.32. The highest BCUT2D eigenvalue weighted by molar-refractivity contribution is 7.13. The number of aromatic nitrogens is 3. The number of alkyl halides is 3. The Morgan fingerprint density at radius 1 is 1.30 bits per heavy atom. The lowest BCUT2D eigenvalue weighted by Crippen LogP contribution is -2.42. The van der Waals surface area contributed by atoms with Gasteiger partial charge in [0.15, 0.2) is 17.0 Å². The third kappa shape index (κ3) is 3.31. The van der Waals surface area contributed by atoms with Gasteiger partial charge in [0.05, 0.1) is 10.6 Å². The number of hydrogen-bond donors (Lipinski definition) is 0. The molecule has 142 valence electrons. The third-order valence-corrected chi connectivity index (χ3v) is 5.67. The molecule has 0 N–H and O–H groups in total. The van der Waals surface area contributed by atoms with E-state index < -0.39 is 11.9 Å². The average Bonchev–Trinajstić information content (AvgIpc) is 3.29. The van der Waals surface area contributed by atoms with Crippen molar-refractivity contribution in [2.75, 3.05) is 6.54 Å². The quantitative estimate of drug-likeness (QED) is 0.643. The maximum Gasteiger partial charge on any atom is 0.433 e. The fraction of sp³-hybridized carbons (Fsp3) is 0.389. The molecule has 0 aromatic carbocycles. The van der Waals surface area contributed by atoms with Crippen molar-refractivity contribution < 1.29 is 18.0 Å². The lowest BCUT2D eigenvalue weighted by molar-refractivity contribution is -0.142. The van der Waals surface area contributed by atoms with Gasteiger partial charge in [0, 0.05) is 18.7 Å². The summed E-state index contributed by atoms with van der Waals surface area (Å²) in [5.74, 6) is -0.349. The molecule has 3 aromatic rings. The van der Waals surface area contributed by atoms with Crippen molar-refractivity contribution in [1.29, 1.82) is 0 Å². The average molecular weight is 394 g/mol. The van der Waals surface area contributed by atoms with E-state index in [9.17, 15) is 18.0 Å². The van der Waals surface area contributed by atoms with E-state index in [-0.39, 0.29) is 29.0 Å². The molecule has 1 fully saturated rings. The minimum Gasteiger partial charge on any atom is -0.335 e. The first kappa shape index (κ1) is 18.0. The van der Waals surface area contributed by atoms with Crippen molar-refractivity contribution in [3.05, 3.63) is 41.0 Å². The molecule has 0 bridgehead atoms. The van der Waals surface area contributed by atoms with Crippen LogP contribution in [0.2, 0.25) is 0 Å². The Bertz CT molecular complexity index is 981. The molecular formula is C18H17F3N4OS. The molecule has 0 radical (unpaired) electrons. The number of nitrogens with zero attached hydrogens (tertiary/aromatic N) is 4. The minimum atomic E-state index is -4.61. The van der Waals surface area contributed by atoms with Gasteiger partial charge in [-0.05, 0) is 43.7 Å². The molecule has 4 heterocycles. The number of thiophene rings is 1. The molecule has 3 aromatic heterocycles. The van der Waals surface area contributed by atoms with Crippen molar-refractivity contribution in [1.82, 2.24) is 19.5 Å². The summed E-state index contributed by atoms with van der Waals surface area (Å²) in [6, 6.07) is 5.83. The summed E-state index contributed by atoms with van der Waals surface area (Å²) in [5, 5.41) is 5.73. The molecule has 0 spiro atoms. The van der Waals surface area contributed by atoms with Gasteiger partial charge in [-0.2, -0.15) is 18.3 Å². The van der Waals surface area contributed by atoms with E-state index >= 15 is 0 Å². The van der Waals surface area contributed by atoms with Crippen LogP contribution in [0.1, 0.15) is 42.4 Å². The number of amides is 1. The summed E-state index contributed by atoms with van der Waals surface area (Å²) in [4.78, 5) is 19.4. The Hall–Kier alpha value is -2.42. The van der Waals surface area contributed by atoms with Gasteiger partial charge in [0.25, 0.3) is 5.91 Å². The lowest BCUT2D eigenvalue weighted by atomic mass is 10.0. The van der Waals surface area contributed by atoms with Crippen LogP contribution >= 0.6 is 11.3 Å². The van der Waals surface area contributed by atoms with Gasteiger partial charge in [-0.25, -0.2) is 9.50 Å². The first-order chi connectivity index (χ1) is 12.8. The Morgan fingerprint density at radius 2 is 2.11 bits per heavy atom. The van der Waals surface area contributed by atoms with Gasteiger partial charge in [0.1, 0.15) is 0 Å². The molecule has 0 saturated carbocycles. The number of carbonyl (C=O) groups excluding carboxylic acids is 1. The first-order valence-electron chi connectivity index (χ1n) is 8.67. The smallest absolute Gasteiger partial charge is 0.335 e. The standard InChI is InChI=1S/C18H17F3N4OS/c1-11-5-2-3-7-24(11)17(26)13-10-16-22-12(14-6-4-8-27-14)9-15(18(19,20)21)25(16)23-13/h4,6,8-11H,2-3,5,7H2,1H3/t11-/m1/s1. The molecule has 0 unspecified atom stereocenters. The molecular weight excluding hydrogens is 377 g/mol. The maximum absolute atomic E-state index is 13.6. The van der Waals surface area contributed by atoms with Crippen LogP contribution in [-0.4, -0.2) is 38.0 Å². The number of rotatable bonds is 2. The normalized spacial score (nSPS) is 18.2. The highest BCUT2D eigenvalue weighted by atomic mass is 32.1. The van der Waals surface area contributed by atoms with Gasteiger partial charge >= 0.3 is 6.18 Å². The van der Waals surface area contributed by atoms with Crippen LogP contribution < -0.4 is 0 Å². The van der Waals surface area contributed by atoms with Crippen LogP contribution in [0.15, 0.2) is 29.6 Å². The first-order valence-corrected chi connectivity index (χ1v) is 9.55. The predicted octanol–water partition coefficient (Wildman–Crippen LogP) is 4.49. The molecule has 0 aliphatic carbocycles. The van der Waals surface area contributed by atoms with Crippen LogP contribution in [0.4, 0.5) is 13.2 Å². The highest BCUT2D eigenvalue weighted by Gasteiger charge is 2.36. The van der Waals surface area contributed by atoms with E-state index in [0.717, 1.165) is 29.8 Å². The number of hydrogen-bond acceptors (Lipinski definition) is 4. The number of likely N-dealkylation sites (tertiary alicyclic amines) is 1. The molecule has 1 aliphatic rings. The number of carbonyl (C=O) groups is 1. The summed E-state index contributed by atoms with van der Waals surface area (Å²) < 4.78 is 41.5. The molecule has 1 aliphatic heterocycles. The van der Waals surface area contributed by atoms with Gasteiger partial charge in [-0.15, -0.1) is 11.3 Å². The van der Waals surface area contributed by atoms with Crippen molar-refractivity contribution in [2.24, 2.45) is 0 Å².